The number of aliphatic hydroxyl groups is 1. The molecule has 2 heterocycles. The minimum atomic E-state index is -0.693. The Morgan fingerprint density at radius 3 is 2.67 bits per heavy atom. The summed E-state index contributed by atoms with van der Waals surface area (Å²) in [6.07, 6.45) is 0.800. The fourth-order valence-electron chi connectivity index (χ4n) is 4.02. The van der Waals surface area contributed by atoms with Gasteiger partial charge in [-0.15, -0.1) is 0 Å². The van der Waals surface area contributed by atoms with Crippen LogP contribution in [0.4, 0.5) is 0 Å². The van der Waals surface area contributed by atoms with E-state index in [1.807, 2.05) is 37.3 Å². The Balaban J connectivity index is 1.82. The van der Waals surface area contributed by atoms with Crippen molar-refractivity contribution in [2.45, 2.75) is 25.5 Å². The third kappa shape index (κ3) is 3.63. The summed E-state index contributed by atoms with van der Waals surface area (Å²) in [5, 5.41) is 11.1. The Labute approximate surface area is 183 Å². The summed E-state index contributed by atoms with van der Waals surface area (Å²) in [6.45, 7) is 2.51. The topological polar surface area (TPSA) is 76.1 Å². The maximum absolute atomic E-state index is 12.9. The second-order valence-corrected chi connectivity index (χ2v) is 8.41. The molecule has 4 rings (SSSR count). The van der Waals surface area contributed by atoms with Crippen molar-refractivity contribution in [3.8, 4) is 5.75 Å². The molecule has 1 N–H and O–H groups in total. The number of methoxy groups -OCH3 is 1. The largest absolute Gasteiger partial charge is 0.507 e. The lowest BCUT2D eigenvalue weighted by Crippen LogP contribution is -2.32. The van der Waals surface area contributed by atoms with Crippen LogP contribution < -0.4 is 4.74 Å². The number of ketones is 1. The van der Waals surface area contributed by atoms with E-state index in [9.17, 15) is 14.7 Å². The van der Waals surface area contributed by atoms with Gasteiger partial charge < -0.3 is 19.5 Å². The standard InChI is InChI=1S/C23H22BrNO5/c1-13-11-16-12-15(5-8-18(16)30-13)21(26)19-20(14-3-6-17(24)7-4-14)25(9-10-29-2)23(28)22(19)27/h3-8,12-13,20,26H,9-11H2,1-2H3. The zero-order valence-electron chi connectivity index (χ0n) is 16.7. The van der Waals surface area contributed by atoms with Crippen LogP contribution in [0.15, 0.2) is 52.5 Å². The number of hydrogen-bond donors (Lipinski definition) is 1. The van der Waals surface area contributed by atoms with Crippen LogP contribution in [0, 0.1) is 0 Å². The summed E-state index contributed by atoms with van der Waals surface area (Å²) in [5.74, 6) is -0.728. The van der Waals surface area contributed by atoms with Gasteiger partial charge in [-0.3, -0.25) is 9.59 Å². The SMILES string of the molecule is COCCN1C(=O)C(=O)C(=C(O)c2ccc3c(c2)CC(C)O3)C1c1ccc(Br)cc1. The second-order valence-electron chi connectivity index (χ2n) is 7.49. The molecular formula is C23H22BrNO5. The molecule has 0 aromatic heterocycles. The molecule has 0 radical (unpaired) electrons. The highest BCUT2D eigenvalue weighted by molar-refractivity contribution is 9.10. The van der Waals surface area contributed by atoms with Crippen molar-refractivity contribution in [1.29, 1.82) is 0 Å². The predicted octanol–water partition coefficient (Wildman–Crippen LogP) is 3.84. The number of carbonyl (C=O) groups excluding carboxylic acids is 2. The molecule has 0 spiro atoms. The summed E-state index contributed by atoms with van der Waals surface area (Å²) >= 11 is 3.41. The zero-order valence-corrected chi connectivity index (χ0v) is 18.3. The first-order valence-electron chi connectivity index (χ1n) is 9.73. The lowest BCUT2D eigenvalue weighted by Gasteiger charge is -2.25. The van der Waals surface area contributed by atoms with Gasteiger partial charge in [0.25, 0.3) is 11.7 Å². The van der Waals surface area contributed by atoms with Crippen molar-refractivity contribution < 1.29 is 24.2 Å². The van der Waals surface area contributed by atoms with Gasteiger partial charge in [0.05, 0.1) is 18.2 Å². The Morgan fingerprint density at radius 2 is 1.97 bits per heavy atom. The van der Waals surface area contributed by atoms with E-state index in [4.69, 9.17) is 9.47 Å². The van der Waals surface area contributed by atoms with Crippen LogP contribution in [0.1, 0.15) is 29.7 Å². The summed E-state index contributed by atoms with van der Waals surface area (Å²) in [5.41, 5.74) is 2.30. The van der Waals surface area contributed by atoms with Gasteiger partial charge in [0.2, 0.25) is 0 Å². The summed E-state index contributed by atoms with van der Waals surface area (Å²) in [6, 6.07) is 12.0. The molecule has 1 saturated heterocycles. The number of rotatable bonds is 5. The van der Waals surface area contributed by atoms with E-state index in [1.165, 1.54) is 4.90 Å². The number of benzene rings is 2. The number of likely N-dealkylation sites (tertiary alicyclic amines) is 1. The van der Waals surface area contributed by atoms with Crippen molar-refractivity contribution in [2.75, 3.05) is 20.3 Å². The second kappa shape index (κ2) is 8.24. The minimum Gasteiger partial charge on any atom is -0.507 e. The molecule has 7 heteroatoms. The number of Topliss-reactive ketones (excluding diaryl/α,β-unsaturated/α-hetero) is 1. The molecule has 0 saturated carbocycles. The lowest BCUT2D eigenvalue weighted by molar-refractivity contribution is -0.140. The Morgan fingerprint density at radius 1 is 1.23 bits per heavy atom. The minimum absolute atomic E-state index is 0.0692. The number of hydrogen-bond acceptors (Lipinski definition) is 5. The predicted molar refractivity (Wildman–Crippen MR) is 115 cm³/mol. The molecule has 2 aliphatic rings. The highest BCUT2D eigenvalue weighted by atomic mass is 79.9. The fraction of sp³-hybridized carbons (Fsp3) is 0.304. The van der Waals surface area contributed by atoms with Crippen molar-refractivity contribution in [1.82, 2.24) is 4.90 Å². The van der Waals surface area contributed by atoms with Gasteiger partial charge in [-0.1, -0.05) is 28.1 Å². The van der Waals surface area contributed by atoms with E-state index < -0.39 is 17.7 Å². The first-order chi connectivity index (χ1) is 14.4. The summed E-state index contributed by atoms with van der Waals surface area (Å²) in [7, 11) is 1.54. The van der Waals surface area contributed by atoms with Crippen molar-refractivity contribution in [3.63, 3.8) is 0 Å². The first kappa shape index (κ1) is 20.6. The molecule has 2 unspecified atom stereocenters. The average molecular weight is 472 g/mol. The molecular weight excluding hydrogens is 450 g/mol. The van der Waals surface area contributed by atoms with Crippen LogP contribution in [0.25, 0.3) is 5.76 Å². The van der Waals surface area contributed by atoms with Crippen molar-refractivity contribution in [3.05, 3.63) is 69.2 Å². The highest BCUT2D eigenvalue weighted by Crippen LogP contribution is 2.40. The summed E-state index contributed by atoms with van der Waals surface area (Å²) in [4.78, 5) is 27.2. The van der Waals surface area contributed by atoms with Crippen LogP contribution in [0.5, 0.6) is 5.75 Å². The lowest BCUT2D eigenvalue weighted by atomic mass is 9.94. The van der Waals surface area contributed by atoms with Crippen LogP contribution in [-0.4, -0.2) is 48.1 Å². The molecule has 30 heavy (non-hydrogen) atoms. The number of fused-ring (bicyclic) bond motifs is 1. The molecule has 0 aliphatic carbocycles. The van der Waals surface area contributed by atoms with Gasteiger partial charge in [-0.05, 0) is 48.4 Å². The van der Waals surface area contributed by atoms with Gasteiger partial charge >= 0.3 is 0 Å². The molecule has 2 atom stereocenters. The zero-order chi connectivity index (χ0) is 21.4. The Bertz CT molecular complexity index is 1030. The highest BCUT2D eigenvalue weighted by Gasteiger charge is 2.45. The number of nitrogens with zero attached hydrogens (tertiary/aromatic N) is 1. The number of ether oxygens (including phenoxy) is 2. The number of carbonyl (C=O) groups is 2. The van der Waals surface area contributed by atoms with Gasteiger partial charge in [0.15, 0.2) is 0 Å². The van der Waals surface area contributed by atoms with Gasteiger partial charge in [0.1, 0.15) is 17.6 Å². The molecule has 1 amide bonds. The van der Waals surface area contributed by atoms with E-state index >= 15 is 0 Å². The van der Waals surface area contributed by atoms with E-state index in [0.29, 0.717) is 5.56 Å². The van der Waals surface area contributed by atoms with Crippen LogP contribution in [-0.2, 0) is 20.7 Å². The van der Waals surface area contributed by atoms with Crippen LogP contribution in [0.2, 0.25) is 0 Å². The van der Waals surface area contributed by atoms with Crippen LogP contribution in [0.3, 0.4) is 0 Å². The molecule has 1 fully saturated rings. The molecule has 0 bridgehead atoms. The van der Waals surface area contributed by atoms with E-state index in [-0.39, 0.29) is 30.6 Å². The van der Waals surface area contributed by atoms with Gasteiger partial charge in [-0.2, -0.15) is 0 Å². The average Bonchev–Trinajstić information content (AvgIpc) is 3.22. The third-order valence-corrected chi connectivity index (χ3v) is 5.96. The molecule has 2 aliphatic heterocycles. The van der Waals surface area contributed by atoms with Crippen LogP contribution >= 0.6 is 15.9 Å². The monoisotopic (exact) mass is 471 g/mol. The van der Waals surface area contributed by atoms with Crippen molar-refractivity contribution in [2.24, 2.45) is 0 Å². The maximum Gasteiger partial charge on any atom is 0.295 e. The quantitative estimate of drug-likeness (QED) is 0.407. The van der Waals surface area contributed by atoms with Crippen molar-refractivity contribution >= 4 is 33.4 Å². The van der Waals surface area contributed by atoms with Gasteiger partial charge in [0, 0.05) is 30.1 Å². The van der Waals surface area contributed by atoms with E-state index in [1.54, 1.807) is 19.2 Å². The molecule has 156 valence electrons. The number of amides is 1. The number of aliphatic hydroxyl groups excluding tert-OH is 1. The fourth-order valence-corrected chi connectivity index (χ4v) is 4.28. The summed E-state index contributed by atoms with van der Waals surface area (Å²) < 4.78 is 11.7. The molecule has 2 aromatic carbocycles. The van der Waals surface area contributed by atoms with Gasteiger partial charge in [-0.25, -0.2) is 0 Å². The molecule has 2 aromatic rings. The first-order valence-corrected chi connectivity index (χ1v) is 10.5. The third-order valence-electron chi connectivity index (χ3n) is 5.43. The normalized spacial score (nSPS) is 22.3. The Kier molecular flexibility index (Phi) is 5.66. The smallest absolute Gasteiger partial charge is 0.295 e. The van der Waals surface area contributed by atoms with E-state index in [2.05, 4.69) is 15.9 Å². The maximum atomic E-state index is 12.9. The number of halogens is 1. The molecule has 6 nitrogen and oxygen atoms in total. The Hall–Kier alpha value is -2.64. The van der Waals surface area contributed by atoms with E-state index in [0.717, 1.165) is 27.8 Å².